The molecule has 28 heavy (non-hydrogen) atoms. The number of carbonyl (C=O) groups is 2. The summed E-state index contributed by atoms with van der Waals surface area (Å²) in [6.45, 7) is 2.32. The number of thiophene rings is 1. The van der Waals surface area contributed by atoms with Gasteiger partial charge in [-0.15, -0.1) is 11.3 Å². The van der Waals surface area contributed by atoms with Crippen LogP contribution in [0.25, 0.3) is 5.69 Å². The van der Waals surface area contributed by atoms with Crippen LogP contribution in [0, 0.1) is 0 Å². The van der Waals surface area contributed by atoms with E-state index in [2.05, 4.69) is 16.0 Å². The second kappa shape index (κ2) is 7.90. The fourth-order valence-corrected chi connectivity index (χ4v) is 4.40. The number of esters is 1. The normalized spacial score (nSPS) is 15.3. The highest BCUT2D eigenvalue weighted by molar-refractivity contribution is 7.10. The van der Waals surface area contributed by atoms with Gasteiger partial charge in [0.2, 0.25) is 0 Å². The van der Waals surface area contributed by atoms with Crippen molar-refractivity contribution in [3.8, 4) is 5.69 Å². The summed E-state index contributed by atoms with van der Waals surface area (Å²) in [5, 5.41) is 4.73. The summed E-state index contributed by atoms with van der Waals surface area (Å²) >= 11 is 1.61. The van der Waals surface area contributed by atoms with E-state index < -0.39 is 5.97 Å². The molecule has 0 radical (unpaired) electrons. The van der Waals surface area contributed by atoms with Crippen LogP contribution in [0.5, 0.6) is 0 Å². The van der Waals surface area contributed by atoms with Crippen molar-refractivity contribution in [2.45, 2.75) is 19.5 Å². The first-order valence-corrected chi connectivity index (χ1v) is 10.1. The van der Waals surface area contributed by atoms with Gasteiger partial charge in [-0.3, -0.25) is 4.79 Å². The summed E-state index contributed by atoms with van der Waals surface area (Å²) < 4.78 is 7.07. The number of hydrogen-bond acceptors (Lipinski definition) is 4. The van der Waals surface area contributed by atoms with Gasteiger partial charge in [-0.05, 0) is 42.1 Å². The van der Waals surface area contributed by atoms with Gasteiger partial charge in [0.25, 0.3) is 0 Å². The topological polar surface area (TPSA) is 63.6 Å². The third kappa shape index (κ3) is 3.41. The number of fused-ring (bicyclic) bond motifs is 3. The highest BCUT2D eigenvalue weighted by atomic mass is 32.1. The number of rotatable bonds is 4. The molecule has 0 fully saturated rings. The van der Waals surface area contributed by atoms with Crippen molar-refractivity contribution >= 4 is 23.3 Å². The van der Waals surface area contributed by atoms with Gasteiger partial charge in [-0.2, -0.15) is 0 Å². The van der Waals surface area contributed by atoms with Crippen molar-refractivity contribution in [2.75, 3.05) is 13.2 Å². The SMILES string of the molecule is CCOC(=O)CNC(=O)N1Cc2ccccc2-n2cccc2[C@H]1c1cccs1. The quantitative estimate of drug-likeness (QED) is 0.685. The molecule has 144 valence electrons. The van der Waals surface area contributed by atoms with E-state index in [9.17, 15) is 9.59 Å². The van der Waals surface area contributed by atoms with Gasteiger partial charge in [-0.1, -0.05) is 24.3 Å². The van der Waals surface area contributed by atoms with E-state index in [1.165, 1.54) is 0 Å². The van der Waals surface area contributed by atoms with Crippen molar-refractivity contribution in [2.24, 2.45) is 0 Å². The van der Waals surface area contributed by atoms with Gasteiger partial charge >= 0.3 is 12.0 Å². The Kier molecular flexibility index (Phi) is 5.16. The summed E-state index contributed by atoms with van der Waals surface area (Å²) in [6, 6.07) is 15.6. The monoisotopic (exact) mass is 395 g/mol. The molecule has 0 spiro atoms. The molecule has 3 heterocycles. The highest BCUT2D eigenvalue weighted by Crippen LogP contribution is 2.38. The highest BCUT2D eigenvalue weighted by Gasteiger charge is 2.33. The molecule has 0 aliphatic carbocycles. The second-order valence-corrected chi connectivity index (χ2v) is 7.42. The van der Waals surface area contributed by atoms with Gasteiger partial charge in [0, 0.05) is 11.1 Å². The molecule has 0 unspecified atom stereocenters. The molecule has 1 aliphatic rings. The third-order valence-corrected chi connectivity index (χ3v) is 5.65. The van der Waals surface area contributed by atoms with Crippen molar-refractivity contribution < 1.29 is 14.3 Å². The standard InChI is InChI=1S/C21H21N3O3S/c1-2-27-19(25)13-22-21(26)24-14-15-7-3-4-8-16(15)23-11-5-9-17(23)20(24)18-10-6-12-28-18/h3-12,20H,2,13-14H2,1H3,(H,22,26)/t20-/m0/s1. The molecule has 2 aromatic heterocycles. The number of amides is 2. The van der Waals surface area contributed by atoms with E-state index in [-0.39, 0.29) is 25.2 Å². The summed E-state index contributed by atoms with van der Waals surface area (Å²) in [7, 11) is 0. The minimum atomic E-state index is -0.442. The Hall–Kier alpha value is -3.06. The van der Waals surface area contributed by atoms with E-state index in [4.69, 9.17) is 4.74 Å². The summed E-state index contributed by atoms with van der Waals surface area (Å²) in [4.78, 5) is 27.7. The predicted octanol–water partition coefficient (Wildman–Crippen LogP) is 3.72. The lowest BCUT2D eigenvalue weighted by molar-refractivity contribution is -0.141. The van der Waals surface area contributed by atoms with Gasteiger partial charge in [-0.25, -0.2) is 4.79 Å². The molecule has 0 saturated heterocycles. The zero-order valence-electron chi connectivity index (χ0n) is 15.5. The number of nitrogens with one attached hydrogen (secondary N) is 1. The van der Waals surface area contributed by atoms with Crippen LogP contribution in [0.4, 0.5) is 4.79 Å². The molecule has 1 atom stereocenters. The number of ether oxygens (including phenoxy) is 1. The Labute approximate surface area is 167 Å². The molecule has 7 heteroatoms. The van der Waals surface area contributed by atoms with Crippen LogP contribution < -0.4 is 5.32 Å². The van der Waals surface area contributed by atoms with E-state index in [0.717, 1.165) is 21.8 Å². The van der Waals surface area contributed by atoms with Crippen molar-refractivity contribution in [3.63, 3.8) is 0 Å². The maximum atomic E-state index is 13.1. The Bertz CT molecular complexity index is 980. The van der Waals surface area contributed by atoms with Crippen molar-refractivity contribution in [1.29, 1.82) is 0 Å². The Morgan fingerprint density at radius 2 is 2.04 bits per heavy atom. The smallest absolute Gasteiger partial charge is 0.325 e. The Morgan fingerprint density at radius 3 is 2.82 bits per heavy atom. The fourth-order valence-electron chi connectivity index (χ4n) is 3.55. The average molecular weight is 395 g/mol. The van der Waals surface area contributed by atoms with E-state index in [1.807, 2.05) is 54.0 Å². The molecule has 0 saturated carbocycles. The van der Waals surface area contributed by atoms with Crippen molar-refractivity contribution in [1.82, 2.24) is 14.8 Å². The molecule has 1 aliphatic heterocycles. The first-order chi connectivity index (χ1) is 13.7. The lowest BCUT2D eigenvalue weighted by Crippen LogP contribution is -2.43. The lowest BCUT2D eigenvalue weighted by Gasteiger charge is -2.29. The van der Waals surface area contributed by atoms with Crippen molar-refractivity contribution in [3.05, 3.63) is 76.2 Å². The number of hydrogen-bond donors (Lipinski definition) is 1. The first-order valence-electron chi connectivity index (χ1n) is 9.18. The van der Waals surface area contributed by atoms with Crippen LogP contribution >= 0.6 is 11.3 Å². The van der Waals surface area contributed by atoms with E-state index in [1.54, 1.807) is 23.2 Å². The van der Waals surface area contributed by atoms with Gasteiger partial charge in [0.15, 0.2) is 0 Å². The summed E-state index contributed by atoms with van der Waals surface area (Å²) in [6.07, 6.45) is 2.02. The Morgan fingerprint density at radius 1 is 1.18 bits per heavy atom. The zero-order chi connectivity index (χ0) is 19.5. The van der Waals surface area contributed by atoms with E-state index >= 15 is 0 Å². The number of nitrogens with zero attached hydrogens (tertiary/aromatic N) is 2. The molecule has 0 bridgehead atoms. The number of benzene rings is 1. The molecular weight excluding hydrogens is 374 g/mol. The number of para-hydroxylation sites is 1. The molecule has 3 aromatic rings. The van der Waals surface area contributed by atoms with Crippen LogP contribution in [0.3, 0.4) is 0 Å². The maximum absolute atomic E-state index is 13.1. The third-order valence-electron chi connectivity index (χ3n) is 4.73. The molecule has 1 aromatic carbocycles. The first kappa shape index (κ1) is 18.3. The molecular formula is C21H21N3O3S. The molecule has 1 N–H and O–H groups in total. The lowest BCUT2D eigenvalue weighted by atomic mass is 10.1. The number of carbonyl (C=O) groups excluding carboxylic acids is 2. The average Bonchev–Trinajstić information content (AvgIpc) is 3.37. The minimum Gasteiger partial charge on any atom is -0.465 e. The van der Waals surface area contributed by atoms with Crippen LogP contribution in [-0.4, -0.2) is 34.6 Å². The van der Waals surface area contributed by atoms with Crippen LogP contribution in [0.1, 0.15) is 29.1 Å². The van der Waals surface area contributed by atoms with Gasteiger partial charge < -0.3 is 19.5 Å². The number of urea groups is 1. The van der Waals surface area contributed by atoms with Gasteiger partial charge in [0.1, 0.15) is 12.6 Å². The fraction of sp³-hybridized carbons (Fsp3) is 0.238. The second-order valence-electron chi connectivity index (χ2n) is 6.44. The minimum absolute atomic E-state index is 0.150. The maximum Gasteiger partial charge on any atom is 0.325 e. The predicted molar refractivity (Wildman–Crippen MR) is 108 cm³/mol. The van der Waals surface area contributed by atoms with Crippen LogP contribution in [-0.2, 0) is 16.1 Å². The van der Waals surface area contributed by atoms with Crippen LogP contribution in [0.2, 0.25) is 0 Å². The molecule has 2 amide bonds. The number of aromatic nitrogens is 1. The van der Waals surface area contributed by atoms with Gasteiger partial charge in [0.05, 0.1) is 24.5 Å². The van der Waals surface area contributed by atoms with Crippen LogP contribution in [0.15, 0.2) is 60.1 Å². The summed E-state index contributed by atoms with van der Waals surface area (Å²) in [5.41, 5.74) is 3.12. The molecule has 6 nitrogen and oxygen atoms in total. The Balaban J connectivity index is 1.73. The largest absolute Gasteiger partial charge is 0.465 e. The summed E-state index contributed by atoms with van der Waals surface area (Å²) in [5.74, 6) is -0.442. The molecule has 4 rings (SSSR count). The van der Waals surface area contributed by atoms with E-state index in [0.29, 0.717) is 6.54 Å². The zero-order valence-corrected chi connectivity index (χ0v) is 16.3.